The number of nitrogens with zero attached hydrogens (tertiary/aromatic N) is 2. The molecule has 0 unspecified atom stereocenters. The SMILES string of the molecule is Cc1cc2c(cnn2SI)c(B2OC(C)(C)C(C)(C)O2)c1C. The first-order valence-electron chi connectivity index (χ1n) is 7.30. The highest BCUT2D eigenvalue weighted by Gasteiger charge is 2.52. The van der Waals surface area contributed by atoms with Gasteiger partial charge in [-0.2, -0.15) is 9.19 Å². The Labute approximate surface area is 148 Å². The molecule has 0 amide bonds. The summed E-state index contributed by atoms with van der Waals surface area (Å²) in [5, 5.41) is 5.56. The predicted octanol–water partition coefficient (Wildman–Crippen LogP) is 3.80. The van der Waals surface area contributed by atoms with Gasteiger partial charge in [0, 0.05) is 35.7 Å². The Morgan fingerprint density at radius 2 is 1.77 bits per heavy atom. The van der Waals surface area contributed by atoms with E-state index in [0.29, 0.717) is 0 Å². The third-order valence-corrected chi connectivity index (χ3v) is 6.51. The van der Waals surface area contributed by atoms with Crippen LogP contribution in [-0.4, -0.2) is 27.5 Å². The Kier molecular flexibility index (Phi) is 4.07. The third kappa shape index (κ3) is 2.40. The topological polar surface area (TPSA) is 36.3 Å². The molecule has 22 heavy (non-hydrogen) atoms. The molecule has 1 aliphatic heterocycles. The fraction of sp³-hybridized carbons (Fsp3) is 0.533. The van der Waals surface area contributed by atoms with Crippen molar-refractivity contribution in [2.75, 3.05) is 0 Å². The molecule has 0 spiro atoms. The van der Waals surface area contributed by atoms with E-state index in [2.05, 4.69) is 73.9 Å². The second-order valence-corrected chi connectivity index (χ2v) is 8.51. The smallest absolute Gasteiger partial charge is 0.399 e. The predicted molar refractivity (Wildman–Crippen MR) is 102 cm³/mol. The Hall–Kier alpha value is -0.245. The van der Waals surface area contributed by atoms with E-state index in [-0.39, 0.29) is 18.3 Å². The number of aryl methyl sites for hydroxylation is 1. The lowest BCUT2D eigenvalue weighted by Gasteiger charge is -2.32. The van der Waals surface area contributed by atoms with Gasteiger partial charge in [-0.1, -0.05) is 0 Å². The molecule has 1 saturated heterocycles. The zero-order valence-electron chi connectivity index (χ0n) is 13.7. The van der Waals surface area contributed by atoms with Crippen molar-refractivity contribution in [3.8, 4) is 0 Å². The van der Waals surface area contributed by atoms with Crippen molar-refractivity contribution in [2.45, 2.75) is 52.7 Å². The molecule has 1 aromatic carbocycles. The normalized spacial score (nSPS) is 20.0. The molecule has 0 aliphatic carbocycles. The number of rotatable bonds is 2. The minimum Gasteiger partial charge on any atom is -0.399 e. The molecule has 7 heteroatoms. The molecule has 1 aromatic heterocycles. The second-order valence-electron chi connectivity index (χ2n) is 6.84. The molecule has 1 aliphatic rings. The van der Waals surface area contributed by atoms with Crippen molar-refractivity contribution in [1.82, 2.24) is 9.19 Å². The highest BCUT2D eigenvalue weighted by atomic mass is 127. The van der Waals surface area contributed by atoms with Gasteiger partial charge in [0.2, 0.25) is 0 Å². The molecule has 0 bridgehead atoms. The monoisotopic (exact) mass is 430 g/mol. The Morgan fingerprint density at radius 1 is 1.18 bits per heavy atom. The zero-order valence-corrected chi connectivity index (χ0v) is 16.7. The molecule has 0 radical (unpaired) electrons. The van der Waals surface area contributed by atoms with Gasteiger partial charge in [-0.3, -0.25) is 0 Å². The first kappa shape index (κ1) is 16.6. The van der Waals surface area contributed by atoms with Crippen LogP contribution in [0.1, 0.15) is 38.8 Å². The molecule has 1 fully saturated rings. The maximum Gasteiger partial charge on any atom is 0.495 e. The molecule has 0 N–H and O–H groups in total. The van der Waals surface area contributed by atoms with Crippen molar-refractivity contribution < 1.29 is 9.31 Å². The first-order chi connectivity index (χ1) is 10.2. The van der Waals surface area contributed by atoms with E-state index in [9.17, 15) is 0 Å². The van der Waals surface area contributed by atoms with Crippen LogP contribution < -0.4 is 5.46 Å². The first-order valence-corrected chi connectivity index (χ1v) is 10.6. The fourth-order valence-corrected chi connectivity index (χ4v) is 3.98. The number of fused-ring (bicyclic) bond motifs is 1. The summed E-state index contributed by atoms with van der Waals surface area (Å²) in [5.74, 6) is 0. The van der Waals surface area contributed by atoms with E-state index in [4.69, 9.17) is 9.31 Å². The maximum absolute atomic E-state index is 6.27. The fourth-order valence-electron chi connectivity index (χ4n) is 2.73. The molecular weight excluding hydrogens is 410 g/mol. The number of hydrogen-bond donors (Lipinski definition) is 0. The van der Waals surface area contributed by atoms with Crippen LogP contribution in [0, 0.1) is 13.8 Å². The Balaban J connectivity index is 2.19. The second kappa shape index (κ2) is 5.39. The number of hydrogen-bond acceptors (Lipinski definition) is 4. The lowest BCUT2D eigenvalue weighted by Crippen LogP contribution is -2.41. The highest BCUT2D eigenvalue weighted by molar-refractivity contribution is 14.2. The molecular formula is C15H20BIN2O2S. The maximum atomic E-state index is 6.27. The summed E-state index contributed by atoms with van der Waals surface area (Å²) in [6.45, 7) is 12.6. The van der Waals surface area contributed by atoms with Crippen molar-refractivity contribution in [2.24, 2.45) is 0 Å². The molecule has 4 nitrogen and oxygen atoms in total. The molecule has 0 atom stereocenters. The van der Waals surface area contributed by atoms with Gasteiger partial charge in [-0.25, -0.2) is 0 Å². The summed E-state index contributed by atoms with van der Waals surface area (Å²) < 4.78 is 14.5. The average Bonchev–Trinajstić information content (AvgIpc) is 2.89. The van der Waals surface area contributed by atoms with Gasteiger partial charge in [-0.05, 0) is 64.2 Å². The zero-order chi connectivity index (χ0) is 16.3. The van der Waals surface area contributed by atoms with E-state index in [1.165, 1.54) is 11.1 Å². The Morgan fingerprint density at radius 3 is 2.32 bits per heavy atom. The van der Waals surface area contributed by atoms with Crippen LogP contribution in [-0.2, 0) is 9.31 Å². The van der Waals surface area contributed by atoms with Crippen LogP contribution in [0.15, 0.2) is 12.3 Å². The van der Waals surface area contributed by atoms with Crippen LogP contribution in [0.5, 0.6) is 0 Å². The van der Waals surface area contributed by atoms with Gasteiger partial charge in [0.05, 0.1) is 22.9 Å². The Bertz CT molecular complexity index is 729. The van der Waals surface area contributed by atoms with Gasteiger partial charge >= 0.3 is 7.12 Å². The minimum atomic E-state index is -0.357. The van der Waals surface area contributed by atoms with Gasteiger partial charge < -0.3 is 9.31 Å². The van der Waals surface area contributed by atoms with E-state index in [0.717, 1.165) is 16.4 Å². The molecule has 2 aromatic rings. The summed E-state index contributed by atoms with van der Waals surface area (Å²) in [5.41, 5.74) is 3.97. The van der Waals surface area contributed by atoms with Crippen LogP contribution in [0.3, 0.4) is 0 Å². The molecule has 0 saturated carbocycles. The summed E-state index contributed by atoms with van der Waals surface area (Å²) in [4.78, 5) is 0. The standard InChI is InChI=1S/C15H20BIN2O2S/c1-9-7-12-11(8-18-19(12)22-17)13(10(9)2)16-20-14(3,4)15(5,6)21-16/h7-8H,1-6H3. The van der Waals surface area contributed by atoms with Gasteiger partial charge in [0.25, 0.3) is 0 Å². The van der Waals surface area contributed by atoms with Crippen LogP contribution in [0.4, 0.5) is 0 Å². The van der Waals surface area contributed by atoms with Crippen molar-refractivity contribution >= 4 is 53.8 Å². The molecule has 3 rings (SSSR count). The molecule has 2 heterocycles. The largest absolute Gasteiger partial charge is 0.495 e. The summed E-state index contributed by atoms with van der Waals surface area (Å²) >= 11 is 2.24. The van der Waals surface area contributed by atoms with Crippen molar-refractivity contribution in [3.05, 3.63) is 23.4 Å². The quantitative estimate of drug-likeness (QED) is 0.537. The number of benzene rings is 1. The van der Waals surface area contributed by atoms with Crippen LogP contribution in [0.2, 0.25) is 0 Å². The van der Waals surface area contributed by atoms with E-state index in [1.807, 2.05) is 10.3 Å². The van der Waals surface area contributed by atoms with Crippen molar-refractivity contribution in [1.29, 1.82) is 0 Å². The van der Waals surface area contributed by atoms with Crippen molar-refractivity contribution in [3.63, 3.8) is 0 Å². The van der Waals surface area contributed by atoms with Gasteiger partial charge in [0.15, 0.2) is 0 Å². The lowest BCUT2D eigenvalue weighted by molar-refractivity contribution is 0.00578. The summed E-state index contributed by atoms with van der Waals surface area (Å²) in [7, 11) is 1.21. The number of halogens is 1. The third-order valence-electron chi connectivity index (χ3n) is 4.97. The summed E-state index contributed by atoms with van der Waals surface area (Å²) in [6, 6.07) is 2.18. The highest BCUT2D eigenvalue weighted by Crippen LogP contribution is 2.37. The average molecular weight is 430 g/mol. The van der Waals surface area contributed by atoms with Crippen LogP contribution in [0.25, 0.3) is 10.9 Å². The van der Waals surface area contributed by atoms with E-state index < -0.39 is 0 Å². The van der Waals surface area contributed by atoms with Crippen LogP contribution >= 0.6 is 30.3 Å². The minimum absolute atomic E-state index is 0.339. The van der Waals surface area contributed by atoms with E-state index in [1.54, 1.807) is 9.12 Å². The summed E-state index contributed by atoms with van der Waals surface area (Å²) in [6.07, 6.45) is 1.91. The lowest BCUT2D eigenvalue weighted by atomic mass is 9.73. The molecule has 118 valence electrons. The van der Waals surface area contributed by atoms with E-state index >= 15 is 0 Å². The van der Waals surface area contributed by atoms with Gasteiger partial charge in [0.1, 0.15) is 0 Å². The number of aromatic nitrogens is 2. The van der Waals surface area contributed by atoms with Gasteiger partial charge in [-0.15, -0.1) is 0 Å².